The van der Waals surface area contributed by atoms with E-state index in [1.807, 2.05) is 23.5 Å². The summed E-state index contributed by atoms with van der Waals surface area (Å²) < 4.78 is 9.11. The fourth-order valence-electron chi connectivity index (χ4n) is 11.4. The summed E-state index contributed by atoms with van der Waals surface area (Å²) in [5.41, 5.74) is 19.0. The number of thiophene rings is 1. The van der Waals surface area contributed by atoms with Gasteiger partial charge in [-0.25, -0.2) is 0 Å². The minimum atomic E-state index is -0.522. The van der Waals surface area contributed by atoms with Crippen LogP contribution in [0.3, 0.4) is 0 Å². The molecular formula is C67H43NOS. The lowest BCUT2D eigenvalue weighted by molar-refractivity contribution is 0.670. The summed E-state index contributed by atoms with van der Waals surface area (Å²) in [4.78, 5) is 2.46. The SMILES string of the molecule is c1ccc(C2(c3ccccc3)c3ccccc3-c3c(N(c4ccc(-c5cccc(-c6cccc7c6oc6ccccc67)c5)cc4)c4ccc(-c5ccc6sc7ccccc7c6c5)cc4)cccc32)cc1. The number of fused-ring (bicyclic) bond motifs is 9. The van der Waals surface area contributed by atoms with Crippen LogP contribution in [0.1, 0.15) is 22.3 Å². The maximum absolute atomic E-state index is 6.48. The van der Waals surface area contributed by atoms with E-state index in [1.165, 1.54) is 64.7 Å². The van der Waals surface area contributed by atoms with Gasteiger partial charge in [0.25, 0.3) is 0 Å². The molecule has 0 aliphatic heterocycles. The van der Waals surface area contributed by atoms with Crippen LogP contribution >= 0.6 is 11.3 Å². The van der Waals surface area contributed by atoms with Gasteiger partial charge in [0.1, 0.15) is 11.2 Å². The number of rotatable bonds is 8. The number of anilines is 3. The molecule has 0 N–H and O–H groups in total. The van der Waals surface area contributed by atoms with Crippen LogP contribution in [0, 0.1) is 0 Å². The molecule has 0 bridgehead atoms. The summed E-state index contributed by atoms with van der Waals surface area (Å²) in [5.74, 6) is 0. The van der Waals surface area contributed by atoms with Gasteiger partial charge in [-0.05, 0) is 116 Å². The molecule has 1 aliphatic carbocycles. The molecule has 14 rings (SSSR count). The first-order valence-electron chi connectivity index (χ1n) is 24.0. The van der Waals surface area contributed by atoms with Crippen LogP contribution in [-0.2, 0) is 5.41 Å². The Kier molecular flexibility index (Phi) is 9.33. The molecule has 2 aromatic heterocycles. The van der Waals surface area contributed by atoms with Gasteiger partial charge in [-0.1, -0.05) is 200 Å². The highest BCUT2D eigenvalue weighted by Gasteiger charge is 2.47. The first kappa shape index (κ1) is 40.3. The van der Waals surface area contributed by atoms with Gasteiger partial charge >= 0.3 is 0 Å². The number of hydrogen-bond acceptors (Lipinski definition) is 3. The third-order valence-corrected chi connectivity index (χ3v) is 15.7. The van der Waals surface area contributed by atoms with Gasteiger partial charge < -0.3 is 9.32 Å². The molecule has 0 radical (unpaired) electrons. The quantitative estimate of drug-likeness (QED) is 0.151. The topological polar surface area (TPSA) is 16.4 Å². The van der Waals surface area contributed by atoms with Crippen LogP contribution in [-0.4, -0.2) is 0 Å². The van der Waals surface area contributed by atoms with E-state index < -0.39 is 5.41 Å². The summed E-state index contributed by atoms with van der Waals surface area (Å²) in [6.07, 6.45) is 0. The Balaban J connectivity index is 0.924. The third kappa shape index (κ3) is 6.25. The maximum atomic E-state index is 6.48. The molecule has 13 aromatic rings. The van der Waals surface area contributed by atoms with E-state index in [0.717, 1.165) is 61.3 Å². The Hall–Kier alpha value is -8.76. The molecule has 11 aromatic carbocycles. The van der Waals surface area contributed by atoms with Crippen molar-refractivity contribution in [1.29, 1.82) is 0 Å². The Morgan fingerprint density at radius 3 is 1.64 bits per heavy atom. The van der Waals surface area contributed by atoms with Gasteiger partial charge in [-0.15, -0.1) is 11.3 Å². The zero-order valence-electron chi connectivity index (χ0n) is 38.1. The van der Waals surface area contributed by atoms with E-state index in [1.54, 1.807) is 0 Å². The first-order valence-corrected chi connectivity index (χ1v) is 24.8. The van der Waals surface area contributed by atoms with Crippen LogP contribution < -0.4 is 4.90 Å². The molecule has 2 heterocycles. The summed E-state index contributed by atoms with van der Waals surface area (Å²) >= 11 is 1.86. The molecule has 0 spiro atoms. The smallest absolute Gasteiger partial charge is 0.143 e. The number of nitrogens with zero attached hydrogens (tertiary/aromatic N) is 1. The lowest BCUT2D eigenvalue weighted by Gasteiger charge is -2.34. The van der Waals surface area contributed by atoms with Gasteiger partial charge in [-0.2, -0.15) is 0 Å². The average Bonchev–Trinajstić information content (AvgIpc) is 4.11. The second-order valence-electron chi connectivity index (χ2n) is 18.3. The minimum absolute atomic E-state index is 0.522. The summed E-state index contributed by atoms with van der Waals surface area (Å²) in [7, 11) is 0. The fraction of sp³-hybridized carbons (Fsp3) is 0.0149. The van der Waals surface area contributed by atoms with Crippen LogP contribution in [0.4, 0.5) is 17.1 Å². The molecule has 0 atom stereocenters. The predicted octanol–water partition coefficient (Wildman–Crippen LogP) is 18.8. The molecular weight excluding hydrogens is 867 g/mol. The molecule has 0 unspecified atom stereocenters. The standard InChI is InChI=1S/C67H43NOS/c1-3-18-49(19-4-1)67(50-20-5-2-6-21-50)59-27-10-7-24-57(59)65-60(67)28-15-29-61(65)68(52-39-34-45(35-40-52)47-36-41-64-58(43-47)55-23-9-12-31-63(55)70-64)51-37-32-44(33-38-51)46-16-13-17-48(42-46)53-25-14-26-56-54-22-8-11-30-62(54)69-66(53)56/h1-43H. The predicted molar refractivity (Wildman–Crippen MR) is 295 cm³/mol. The number of para-hydroxylation sites is 2. The van der Waals surface area contributed by atoms with E-state index in [4.69, 9.17) is 4.42 Å². The Labute approximate surface area is 410 Å². The molecule has 0 saturated carbocycles. The molecule has 0 saturated heterocycles. The molecule has 2 nitrogen and oxygen atoms in total. The van der Waals surface area contributed by atoms with Gasteiger partial charge in [0, 0.05) is 53.4 Å². The molecule has 70 heavy (non-hydrogen) atoms. The van der Waals surface area contributed by atoms with Crippen LogP contribution in [0.5, 0.6) is 0 Å². The Morgan fingerprint density at radius 1 is 0.343 bits per heavy atom. The van der Waals surface area contributed by atoms with Crippen molar-refractivity contribution < 1.29 is 4.42 Å². The van der Waals surface area contributed by atoms with Crippen LogP contribution in [0.15, 0.2) is 265 Å². The fourth-order valence-corrected chi connectivity index (χ4v) is 12.5. The zero-order chi connectivity index (χ0) is 46.2. The average molecular weight is 910 g/mol. The van der Waals surface area contributed by atoms with Crippen molar-refractivity contribution in [2.75, 3.05) is 4.90 Å². The molecule has 1 aliphatic rings. The van der Waals surface area contributed by atoms with Crippen molar-refractivity contribution in [2.45, 2.75) is 5.41 Å². The van der Waals surface area contributed by atoms with Gasteiger partial charge in [0.2, 0.25) is 0 Å². The zero-order valence-corrected chi connectivity index (χ0v) is 38.9. The molecule has 0 fully saturated rings. The van der Waals surface area contributed by atoms with E-state index in [-0.39, 0.29) is 0 Å². The highest BCUT2D eigenvalue weighted by atomic mass is 32.1. The highest BCUT2D eigenvalue weighted by Crippen LogP contribution is 2.59. The van der Waals surface area contributed by atoms with Crippen molar-refractivity contribution >= 4 is 70.5 Å². The van der Waals surface area contributed by atoms with E-state index >= 15 is 0 Å². The Bertz CT molecular complexity index is 4070. The molecule has 328 valence electrons. The lowest BCUT2D eigenvalue weighted by Crippen LogP contribution is -2.28. The van der Waals surface area contributed by atoms with Gasteiger partial charge in [0.05, 0.1) is 11.1 Å². The largest absolute Gasteiger partial charge is 0.455 e. The lowest BCUT2D eigenvalue weighted by atomic mass is 9.68. The van der Waals surface area contributed by atoms with Crippen LogP contribution in [0.25, 0.3) is 86.6 Å². The van der Waals surface area contributed by atoms with Crippen molar-refractivity contribution in [3.8, 4) is 44.5 Å². The van der Waals surface area contributed by atoms with Crippen molar-refractivity contribution in [1.82, 2.24) is 0 Å². The van der Waals surface area contributed by atoms with E-state index in [0.29, 0.717) is 0 Å². The van der Waals surface area contributed by atoms with E-state index in [9.17, 15) is 0 Å². The normalized spacial score (nSPS) is 12.7. The number of furan rings is 1. The monoisotopic (exact) mass is 909 g/mol. The summed E-state index contributed by atoms with van der Waals surface area (Å²) in [5, 5.41) is 4.89. The minimum Gasteiger partial charge on any atom is -0.455 e. The van der Waals surface area contributed by atoms with Gasteiger partial charge in [0.15, 0.2) is 0 Å². The summed E-state index contributed by atoms with van der Waals surface area (Å²) in [6, 6.07) is 95.6. The summed E-state index contributed by atoms with van der Waals surface area (Å²) in [6.45, 7) is 0. The highest BCUT2D eigenvalue weighted by molar-refractivity contribution is 7.25. The van der Waals surface area contributed by atoms with Crippen molar-refractivity contribution in [3.63, 3.8) is 0 Å². The van der Waals surface area contributed by atoms with Crippen molar-refractivity contribution in [3.05, 3.63) is 283 Å². The Morgan fingerprint density at radius 2 is 0.886 bits per heavy atom. The molecule has 0 amide bonds. The van der Waals surface area contributed by atoms with E-state index in [2.05, 4.69) is 254 Å². The molecule has 3 heteroatoms. The first-order chi connectivity index (χ1) is 34.7. The third-order valence-electron chi connectivity index (χ3n) is 14.6. The number of benzene rings is 11. The second kappa shape index (κ2) is 16.2. The maximum Gasteiger partial charge on any atom is 0.143 e. The van der Waals surface area contributed by atoms with Crippen LogP contribution in [0.2, 0.25) is 0 Å². The van der Waals surface area contributed by atoms with Gasteiger partial charge in [-0.3, -0.25) is 0 Å². The van der Waals surface area contributed by atoms with Crippen molar-refractivity contribution in [2.24, 2.45) is 0 Å². The number of hydrogen-bond donors (Lipinski definition) is 0. The second-order valence-corrected chi connectivity index (χ2v) is 19.4.